The fourth-order valence-corrected chi connectivity index (χ4v) is 2.61. The number of alkyl halides is 3. The number of esters is 1. The minimum atomic E-state index is -4.17. The van der Waals surface area contributed by atoms with Crippen molar-refractivity contribution in [3.63, 3.8) is 0 Å². The van der Waals surface area contributed by atoms with Gasteiger partial charge in [0.2, 0.25) is 0 Å². The normalized spacial score (nSPS) is 29.9. The first-order valence-electron chi connectivity index (χ1n) is 6.68. The van der Waals surface area contributed by atoms with Gasteiger partial charge in [-0.25, -0.2) is 0 Å². The summed E-state index contributed by atoms with van der Waals surface area (Å²) in [5.74, 6) is -1.75. The Hall–Kier alpha value is -0.780. The summed E-state index contributed by atoms with van der Waals surface area (Å²) in [6.07, 6.45) is -3.06. The predicted molar refractivity (Wildman–Crippen MR) is 65.6 cm³/mol. The molecule has 0 aliphatic heterocycles. The molecular weight excluding hydrogens is 259 g/mol. The Morgan fingerprint density at radius 2 is 1.95 bits per heavy atom. The summed E-state index contributed by atoms with van der Waals surface area (Å²) in [5, 5.41) is 3.16. The van der Waals surface area contributed by atoms with Crippen LogP contribution < -0.4 is 5.32 Å². The second-order valence-electron chi connectivity index (χ2n) is 5.34. The number of carbonyl (C=O) groups is 1. The van der Waals surface area contributed by atoms with Gasteiger partial charge in [0.1, 0.15) is 5.54 Å². The Morgan fingerprint density at radius 1 is 1.42 bits per heavy atom. The van der Waals surface area contributed by atoms with E-state index in [0.29, 0.717) is 0 Å². The maximum Gasteiger partial charge on any atom is 0.391 e. The molecule has 112 valence electrons. The van der Waals surface area contributed by atoms with E-state index in [4.69, 9.17) is 4.74 Å². The number of carbonyl (C=O) groups excluding carboxylic acids is 1. The van der Waals surface area contributed by atoms with Gasteiger partial charge in [-0.15, -0.1) is 0 Å². The van der Waals surface area contributed by atoms with Crippen LogP contribution in [0, 0.1) is 5.92 Å². The van der Waals surface area contributed by atoms with Crippen LogP contribution in [0.25, 0.3) is 0 Å². The highest BCUT2D eigenvalue weighted by Gasteiger charge is 2.49. The van der Waals surface area contributed by atoms with Crippen LogP contribution in [0.3, 0.4) is 0 Å². The Labute approximate surface area is 111 Å². The van der Waals surface area contributed by atoms with E-state index < -0.39 is 23.6 Å². The summed E-state index contributed by atoms with van der Waals surface area (Å²) in [5.41, 5.74) is -0.952. The van der Waals surface area contributed by atoms with Crippen molar-refractivity contribution < 1.29 is 22.7 Å². The molecule has 3 nitrogen and oxygen atoms in total. The molecule has 19 heavy (non-hydrogen) atoms. The van der Waals surface area contributed by atoms with Crippen molar-refractivity contribution in [2.45, 2.75) is 63.7 Å². The molecule has 1 aliphatic rings. The minimum absolute atomic E-state index is 0.0258. The number of methoxy groups -OCH3 is 1. The fraction of sp³-hybridized carbons (Fsp3) is 0.923. The van der Waals surface area contributed by atoms with Crippen LogP contribution >= 0.6 is 0 Å². The van der Waals surface area contributed by atoms with Gasteiger partial charge in [0.05, 0.1) is 13.0 Å². The van der Waals surface area contributed by atoms with Crippen molar-refractivity contribution in [2.75, 3.05) is 7.11 Å². The first-order chi connectivity index (χ1) is 8.75. The molecular formula is C13H22F3NO2. The van der Waals surface area contributed by atoms with Crippen LogP contribution in [0.15, 0.2) is 0 Å². The van der Waals surface area contributed by atoms with Crippen molar-refractivity contribution in [2.24, 2.45) is 5.92 Å². The second-order valence-corrected chi connectivity index (χ2v) is 5.34. The lowest BCUT2D eigenvalue weighted by atomic mass is 9.75. The Kier molecular flexibility index (Phi) is 5.24. The van der Waals surface area contributed by atoms with Gasteiger partial charge in [-0.2, -0.15) is 13.2 Å². The Balaban J connectivity index is 2.78. The molecule has 0 aromatic heterocycles. The van der Waals surface area contributed by atoms with Gasteiger partial charge < -0.3 is 4.74 Å². The molecule has 1 saturated carbocycles. The van der Waals surface area contributed by atoms with Gasteiger partial charge in [-0.1, -0.05) is 6.92 Å². The van der Waals surface area contributed by atoms with E-state index in [2.05, 4.69) is 5.32 Å². The van der Waals surface area contributed by atoms with Crippen LogP contribution in [-0.2, 0) is 9.53 Å². The third kappa shape index (κ3) is 3.84. The standard InChI is InChI=1S/C13H22F3NO2/c1-4-9(2)17-12(11(18)19-3)7-5-10(6-8-12)13(14,15)16/h9-10,17H,4-8H2,1-3H3. The van der Waals surface area contributed by atoms with Gasteiger partial charge >= 0.3 is 12.1 Å². The number of hydrogen-bond acceptors (Lipinski definition) is 3. The lowest BCUT2D eigenvalue weighted by Crippen LogP contribution is -2.58. The number of ether oxygens (including phenoxy) is 1. The summed E-state index contributed by atoms with van der Waals surface area (Å²) in [6.45, 7) is 3.88. The van der Waals surface area contributed by atoms with Crippen LogP contribution in [0.4, 0.5) is 13.2 Å². The molecule has 0 saturated heterocycles. The monoisotopic (exact) mass is 281 g/mol. The molecule has 1 rings (SSSR count). The van der Waals surface area contributed by atoms with E-state index in [1.54, 1.807) is 0 Å². The summed E-state index contributed by atoms with van der Waals surface area (Å²) >= 11 is 0. The summed E-state index contributed by atoms with van der Waals surface area (Å²) in [7, 11) is 1.28. The van der Waals surface area contributed by atoms with Gasteiger partial charge in [-0.05, 0) is 39.0 Å². The van der Waals surface area contributed by atoms with E-state index >= 15 is 0 Å². The van der Waals surface area contributed by atoms with E-state index in [0.717, 1.165) is 6.42 Å². The zero-order valence-corrected chi connectivity index (χ0v) is 11.6. The molecule has 0 aromatic rings. The average Bonchev–Trinajstić information content (AvgIpc) is 2.37. The number of hydrogen-bond donors (Lipinski definition) is 1. The van der Waals surface area contributed by atoms with Gasteiger partial charge in [0.25, 0.3) is 0 Å². The lowest BCUT2D eigenvalue weighted by molar-refractivity contribution is -0.189. The molecule has 1 unspecified atom stereocenters. The molecule has 0 amide bonds. The highest BCUT2D eigenvalue weighted by atomic mass is 19.4. The highest BCUT2D eigenvalue weighted by Crippen LogP contribution is 2.41. The smallest absolute Gasteiger partial charge is 0.391 e. The summed E-state index contributed by atoms with van der Waals surface area (Å²) in [6, 6.07) is 0.0709. The second kappa shape index (κ2) is 6.11. The number of nitrogens with one attached hydrogen (secondary N) is 1. The van der Waals surface area contributed by atoms with Crippen molar-refractivity contribution in [3.8, 4) is 0 Å². The maximum atomic E-state index is 12.7. The minimum Gasteiger partial charge on any atom is -0.468 e. The first-order valence-corrected chi connectivity index (χ1v) is 6.68. The maximum absolute atomic E-state index is 12.7. The van der Waals surface area contributed by atoms with E-state index in [1.165, 1.54) is 7.11 Å². The average molecular weight is 281 g/mol. The number of halogens is 3. The predicted octanol–water partition coefficient (Wildman–Crippen LogP) is 3.04. The molecule has 0 radical (unpaired) electrons. The number of rotatable bonds is 4. The molecule has 1 N–H and O–H groups in total. The topological polar surface area (TPSA) is 38.3 Å². The quantitative estimate of drug-likeness (QED) is 0.805. The Morgan fingerprint density at radius 3 is 2.32 bits per heavy atom. The van der Waals surface area contributed by atoms with Gasteiger partial charge in [0.15, 0.2) is 0 Å². The molecule has 1 fully saturated rings. The lowest BCUT2D eigenvalue weighted by Gasteiger charge is -2.40. The zero-order chi connectivity index (χ0) is 14.7. The van der Waals surface area contributed by atoms with Gasteiger partial charge in [-0.3, -0.25) is 10.1 Å². The van der Waals surface area contributed by atoms with E-state index in [9.17, 15) is 18.0 Å². The molecule has 0 bridgehead atoms. The summed E-state index contributed by atoms with van der Waals surface area (Å²) < 4.78 is 42.8. The van der Waals surface area contributed by atoms with Crippen LogP contribution in [0.5, 0.6) is 0 Å². The first kappa shape index (κ1) is 16.3. The molecule has 1 aliphatic carbocycles. The molecule has 0 spiro atoms. The molecule has 0 aromatic carbocycles. The van der Waals surface area contributed by atoms with E-state index in [-0.39, 0.29) is 31.7 Å². The SMILES string of the molecule is CCC(C)NC1(C(=O)OC)CCC(C(F)(F)F)CC1. The van der Waals surface area contributed by atoms with Crippen LogP contribution in [-0.4, -0.2) is 30.8 Å². The van der Waals surface area contributed by atoms with Crippen molar-refractivity contribution in [3.05, 3.63) is 0 Å². The van der Waals surface area contributed by atoms with Crippen molar-refractivity contribution in [1.82, 2.24) is 5.32 Å². The Bertz CT molecular complexity index is 310. The van der Waals surface area contributed by atoms with Crippen LogP contribution in [0.1, 0.15) is 46.0 Å². The van der Waals surface area contributed by atoms with Crippen molar-refractivity contribution in [1.29, 1.82) is 0 Å². The van der Waals surface area contributed by atoms with E-state index in [1.807, 2.05) is 13.8 Å². The highest BCUT2D eigenvalue weighted by molar-refractivity contribution is 5.81. The molecule has 0 heterocycles. The fourth-order valence-electron chi connectivity index (χ4n) is 2.61. The third-order valence-electron chi connectivity index (χ3n) is 4.01. The zero-order valence-electron chi connectivity index (χ0n) is 11.6. The third-order valence-corrected chi connectivity index (χ3v) is 4.01. The molecule has 6 heteroatoms. The summed E-state index contributed by atoms with van der Waals surface area (Å²) in [4.78, 5) is 11.9. The van der Waals surface area contributed by atoms with Crippen molar-refractivity contribution >= 4 is 5.97 Å². The molecule has 1 atom stereocenters. The van der Waals surface area contributed by atoms with Crippen LogP contribution in [0.2, 0.25) is 0 Å². The van der Waals surface area contributed by atoms with Gasteiger partial charge in [0, 0.05) is 6.04 Å². The largest absolute Gasteiger partial charge is 0.468 e.